The van der Waals surface area contributed by atoms with Gasteiger partial charge in [-0.1, -0.05) is 18.2 Å². The molecule has 104 valence electrons. The van der Waals surface area contributed by atoms with Crippen LogP contribution in [0.3, 0.4) is 0 Å². The number of carbonyl (C=O) groups is 1. The van der Waals surface area contributed by atoms with Crippen LogP contribution >= 0.6 is 11.3 Å². The molecule has 0 bridgehead atoms. The highest BCUT2D eigenvalue weighted by atomic mass is 32.1. The number of nitrogens with zero attached hydrogens (tertiary/aromatic N) is 2. The zero-order valence-corrected chi connectivity index (χ0v) is 11.6. The Kier molecular flexibility index (Phi) is 3.45. The first-order chi connectivity index (χ1) is 10.1. The Hall–Kier alpha value is -2.60. The van der Waals surface area contributed by atoms with Gasteiger partial charge in [-0.15, -0.1) is 11.3 Å². The van der Waals surface area contributed by atoms with Crippen LogP contribution in [0.15, 0.2) is 47.3 Å². The van der Waals surface area contributed by atoms with E-state index >= 15 is 0 Å². The minimum Gasteiger partial charge on any atom is -0.481 e. The van der Waals surface area contributed by atoms with E-state index < -0.39 is 5.97 Å². The fraction of sp³-hybridized carbons (Fsp3) is 0.0667. The fourth-order valence-corrected chi connectivity index (χ4v) is 2.94. The SMILES string of the molecule is O=C(O)Cc1cccc(-c2nc(=O)c3ccccc3s2)n1. The first kappa shape index (κ1) is 13.4. The average Bonchev–Trinajstić information content (AvgIpc) is 2.47. The van der Waals surface area contributed by atoms with Crippen molar-refractivity contribution in [1.82, 2.24) is 9.97 Å². The van der Waals surface area contributed by atoms with Crippen LogP contribution in [0, 0.1) is 0 Å². The normalized spacial score (nSPS) is 10.7. The topological polar surface area (TPSA) is 80.1 Å². The number of hydrogen-bond acceptors (Lipinski definition) is 5. The van der Waals surface area contributed by atoms with Gasteiger partial charge in [0, 0.05) is 4.70 Å². The van der Waals surface area contributed by atoms with Crippen molar-refractivity contribution in [3.05, 3.63) is 58.5 Å². The molecule has 0 saturated carbocycles. The Balaban J connectivity index is 2.12. The van der Waals surface area contributed by atoms with E-state index in [4.69, 9.17) is 5.11 Å². The Morgan fingerprint density at radius 3 is 2.71 bits per heavy atom. The molecule has 0 aliphatic rings. The number of benzene rings is 1. The summed E-state index contributed by atoms with van der Waals surface area (Å²) in [7, 11) is 0. The predicted molar refractivity (Wildman–Crippen MR) is 80.5 cm³/mol. The quantitative estimate of drug-likeness (QED) is 0.802. The van der Waals surface area contributed by atoms with Gasteiger partial charge in [0.05, 0.1) is 23.2 Å². The van der Waals surface area contributed by atoms with Crippen molar-refractivity contribution in [1.29, 1.82) is 0 Å². The highest BCUT2D eigenvalue weighted by Gasteiger charge is 2.09. The van der Waals surface area contributed by atoms with Crippen LogP contribution in [-0.2, 0) is 11.2 Å². The highest BCUT2D eigenvalue weighted by molar-refractivity contribution is 7.21. The Morgan fingerprint density at radius 2 is 1.90 bits per heavy atom. The molecule has 2 heterocycles. The first-order valence-corrected chi connectivity index (χ1v) is 7.03. The van der Waals surface area contributed by atoms with Crippen LogP contribution in [0.4, 0.5) is 0 Å². The molecule has 0 amide bonds. The van der Waals surface area contributed by atoms with Crippen LogP contribution in [0.1, 0.15) is 5.69 Å². The van der Waals surface area contributed by atoms with Crippen LogP contribution in [-0.4, -0.2) is 21.0 Å². The van der Waals surface area contributed by atoms with Crippen LogP contribution in [0.5, 0.6) is 0 Å². The molecule has 0 unspecified atom stereocenters. The maximum Gasteiger partial charge on any atom is 0.309 e. The molecule has 2 aromatic heterocycles. The van der Waals surface area contributed by atoms with Crippen molar-refractivity contribution in [2.45, 2.75) is 6.42 Å². The Labute approximate surface area is 123 Å². The molecule has 1 N–H and O–H groups in total. The van der Waals surface area contributed by atoms with Gasteiger partial charge in [0.25, 0.3) is 5.56 Å². The number of rotatable bonds is 3. The maximum atomic E-state index is 12.0. The van der Waals surface area contributed by atoms with E-state index in [9.17, 15) is 9.59 Å². The lowest BCUT2D eigenvalue weighted by atomic mass is 10.2. The molecule has 3 aromatic rings. The predicted octanol–water partition coefficient (Wildman–Crippen LogP) is 2.35. The summed E-state index contributed by atoms with van der Waals surface area (Å²) < 4.78 is 0.831. The third-order valence-electron chi connectivity index (χ3n) is 2.89. The van der Waals surface area contributed by atoms with Gasteiger partial charge < -0.3 is 5.11 Å². The molecular formula is C15H10N2O3S. The fourth-order valence-electron chi connectivity index (χ4n) is 1.97. The second kappa shape index (κ2) is 5.41. The molecule has 0 spiro atoms. The van der Waals surface area contributed by atoms with Crippen LogP contribution < -0.4 is 5.56 Å². The molecule has 3 rings (SSSR count). The van der Waals surface area contributed by atoms with Gasteiger partial charge in [-0.2, -0.15) is 4.98 Å². The van der Waals surface area contributed by atoms with E-state index in [0.29, 0.717) is 21.8 Å². The maximum absolute atomic E-state index is 12.0. The lowest BCUT2D eigenvalue weighted by Crippen LogP contribution is -2.07. The second-order valence-electron chi connectivity index (χ2n) is 4.41. The third kappa shape index (κ3) is 2.80. The molecule has 1 aromatic carbocycles. The molecule has 0 saturated heterocycles. The van der Waals surface area contributed by atoms with Gasteiger partial charge in [-0.05, 0) is 24.3 Å². The minimum atomic E-state index is -0.945. The van der Waals surface area contributed by atoms with Gasteiger partial charge in [0.2, 0.25) is 0 Å². The summed E-state index contributed by atoms with van der Waals surface area (Å²) in [4.78, 5) is 31.1. The van der Waals surface area contributed by atoms with E-state index in [1.165, 1.54) is 11.3 Å². The number of hydrogen-bond donors (Lipinski definition) is 1. The smallest absolute Gasteiger partial charge is 0.309 e. The summed E-state index contributed by atoms with van der Waals surface area (Å²) in [5.41, 5.74) is 0.654. The molecule has 0 aliphatic heterocycles. The van der Waals surface area contributed by atoms with Gasteiger partial charge in [0.1, 0.15) is 5.01 Å². The Morgan fingerprint density at radius 1 is 1.10 bits per heavy atom. The summed E-state index contributed by atoms with van der Waals surface area (Å²) in [6.07, 6.45) is -0.156. The van der Waals surface area contributed by atoms with E-state index in [1.807, 2.05) is 12.1 Å². The summed E-state index contributed by atoms with van der Waals surface area (Å²) >= 11 is 1.36. The molecular weight excluding hydrogens is 288 g/mol. The van der Waals surface area contributed by atoms with Crippen molar-refractivity contribution in [2.75, 3.05) is 0 Å². The van der Waals surface area contributed by atoms with Crippen LogP contribution in [0.25, 0.3) is 20.8 Å². The van der Waals surface area contributed by atoms with Crippen molar-refractivity contribution >= 4 is 27.4 Å². The molecule has 0 fully saturated rings. The van der Waals surface area contributed by atoms with E-state index in [2.05, 4.69) is 9.97 Å². The van der Waals surface area contributed by atoms with Crippen molar-refractivity contribution in [2.24, 2.45) is 0 Å². The average molecular weight is 298 g/mol. The van der Waals surface area contributed by atoms with Crippen LogP contribution in [0.2, 0.25) is 0 Å². The van der Waals surface area contributed by atoms with Gasteiger partial charge >= 0.3 is 5.97 Å². The van der Waals surface area contributed by atoms with Crippen molar-refractivity contribution < 1.29 is 9.90 Å². The Bertz CT molecular complexity index is 889. The number of fused-ring (bicyclic) bond motifs is 1. The first-order valence-electron chi connectivity index (χ1n) is 6.21. The van der Waals surface area contributed by atoms with Gasteiger partial charge in [-0.25, -0.2) is 4.98 Å². The molecule has 5 nitrogen and oxygen atoms in total. The zero-order chi connectivity index (χ0) is 14.8. The number of carboxylic acids is 1. The van der Waals surface area contributed by atoms with E-state index in [-0.39, 0.29) is 12.0 Å². The third-order valence-corrected chi connectivity index (χ3v) is 3.96. The zero-order valence-electron chi connectivity index (χ0n) is 10.8. The van der Waals surface area contributed by atoms with E-state index in [1.54, 1.807) is 30.3 Å². The van der Waals surface area contributed by atoms with E-state index in [0.717, 1.165) is 4.70 Å². The van der Waals surface area contributed by atoms with Crippen molar-refractivity contribution in [3.63, 3.8) is 0 Å². The lowest BCUT2D eigenvalue weighted by Gasteiger charge is -2.03. The summed E-state index contributed by atoms with van der Waals surface area (Å²) in [6, 6.07) is 12.3. The number of aliphatic carboxylic acids is 1. The monoisotopic (exact) mass is 298 g/mol. The molecule has 0 radical (unpaired) electrons. The van der Waals surface area contributed by atoms with Gasteiger partial charge in [0.15, 0.2) is 0 Å². The molecule has 0 aliphatic carbocycles. The summed E-state index contributed by atoms with van der Waals surface area (Å²) in [6.45, 7) is 0. The van der Waals surface area contributed by atoms with Gasteiger partial charge in [-0.3, -0.25) is 9.59 Å². The number of carboxylic acid groups (broad SMARTS) is 1. The lowest BCUT2D eigenvalue weighted by molar-refractivity contribution is -0.136. The number of aromatic nitrogens is 2. The molecule has 0 atom stereocenters. The summed E-state index contributed by atoms with van der Waals surface area (Å²) in [5, 5.41) is 9.88. The molecule has 6 heteroatoms. The second-order valence-corrected chi connectivity index (χ2v) is 5.44. The minimum absolute atomic E-state index is 0.156. The highest BCUT2D eigenvalue weighted by Crippen LogP contribution is 2.24. The largest absolute Gasteiger partial charge is 0.481 e. The molecule has 21 heavy (non-hydrogen) atoms. The standard InChI is InChI=1S/C15H10N2O3S/c18-13(19)8-9-4-3-6-11(16-9)15-17-14(20)10-5-1-2-7-12(10)21-15/h1-7H,8H2,(H,18,19). The van der Waals surface area contributed by atoms with Crippen molar-refractivity contribution in [3.8, 4) is 10.7 Å². The number of pyridine rings is 1. The summed E-state index contributed by atoms with van der Waals surface area (Å²) in [5.74, 6) is -0.945.